The maximum Gasteiger partial charge on any atom is 0.184 e. The topological polar surface area (TPSA) is 57.5 Å². The molecule has 1 rings (SSSR count). The van der Waals surface area contributed by atoms with Crippen LogP contribution in [-0.4, -0.2) is 16.5 Å². The fraction of sp³-hybridized carbons (Fsp3) is 0.182. The lowest BCUT2D eigenvalue weighted by Crippen LogP contribution is -2.06. The number of carbonyl (C=O) groups is 1. The molecule has 86 valence electrons. The number of rotatable bonds is 3. The first kappa shape index (κ1) is 12.7. The van der Waals surface area contributed by atoms with E-state index in [1.807, 2.05) is 0 Å². The lowest BCUT2D eigenvalue weighted by Gasteiger charge is -2.14. The van der Waals surface area contributed by atoms with Gasteiger partial charge in [0, 0.05) is 16.2 Å². The van der Waals surface area contributed by atoms with E-state index in [1.165, 1.54) is 19.1 Å². The molecule has 0 amide bonds. The normalized spacial score (nSPS) is 14.2. The highest BCUT2D eigenvalue weighted by molar-refractivity contribution is 6.31. The molecule has 3 nitrogen and oxygen atoms in total. The lowest BCUT2D eigenvalue weighted by molar-refractivity contribution is -0.107. The summed E-state index contributed by atoms with van der Waals surface area (Å²) in [6, 6.07) is 3.94. The predicted octanol–water partition coefficient (Wildman–Crippen LogP) is 2.54. The SMILES string of the molecule is C/C(=C(\O)C=O)C(O)c1c(F)cccc1Cl. The number of hydrogen-bond acceptors (Lipinski definition) is 3. The van der Waals surface area contributed by atoms with Crippen LogP contribution in [0.4, 0.5) is 4.39 Å². The summed E-state index contributed by atoms with van der Waals surface area (Å²) in [6.45, 7) is 1.32. The van der Waals surface area contributed by atoms with Crippen molar-refractivity contribution >= 4 is 17.9 Å². The minimum absolute atomic E-state index is 0.0329. The minimum Gasteiger partial charge on any atom is -0.505 e. The summed E-state index contributed by atoms with van der Waals surface area (Å²) < 4.78 is 13.4. The van der Waals surface area contributed by atoms with Gasteiger partial charge in [0.2, 0.25) is 0 Å². The molecule has 0 saturated carbocycles. The van der Waals surface area contributed by atoms with Crippen LogP contribution < -0.4 is 0 Å². The Morgan fingerprint density at radius 3 is 2.69 bits per heavy atom. The Labute approximate surface area is 96.8 Å². The molecule has 16 heavy (non-hydrogen) atoms. The van der Waals surface area contributed by atoms with Crippen molar-refractivity contribution < 1.29 is 19.4 Å². The molecule has 2 N–H and O–H groups in total. The lowest BCUT2D eigenvalue weighted by atomic mass is 10.0. The monoisotopic (exact) mass is 244 g/mol. The molecule has 5 heteroatoms. The zero-order valence-corrected chi connectivity index (χ0v) is 9.20. The zero-order chi connectivity index (χ0) is 12.3. The van der Waals surface area contributed by atoms with Crippen molar-refractivity contribution in [2.45, 2.75) is 13.0 Å². The fourth-order valence-electron chi connectivity index (χ4n) is 1.22. The number of allylic oxidation sites excluding steroid dienone is 1. The molecule has 1 atom stereocenters. The maximum atomic E-state index is 13.4. The maximum absolute atomic E-state index is 13.4. The Morgan fingerprint density at radius 2 is 2.19 bits per heavy atom. The number of carbonyl (C=O) groups excluding carboxylic acids is 1. The van der Waals surface area contributed by atoms with Gasteiger partial charge >= 0.3 is 0 Å². The molecule has 0 aliphatic rings. The molecule has 0 spiro atoms. The van der Waals surface area contributed by atoms with Crippen LogP contribution in [0.2, 0.25) is 5.02 Å². The molecule has 0 radical (unpaired) electrons. The van der Waals surface area contributed by atoms with Gasteiger partial charge in [-0.1, -0.05) is 17.7 Å². The molecule has 0 saturated heterocycles. The number of halogens is 2. The van der Waals surface area contributed by atoms with Crippen LogP contribution in [0, 0.1) is 5.82 Å². The smallest absolute Gasteiger partial charge is 0.184 e. The van der Waals surface area contributed by atoms with Gasteiger partial charge in [-0.3, -0.25) is 4.79 Å². The standard InChI is InChI=1S/C11H10ClFO3/c1-6(9(15)5-14)11(16)10-7(12)3-2-4-8(10)13/h2-5,11,15-16H,1H3/b9-6+. The third kappa shape index (κ3) is 2.40. The molecular weight excluding hydrogens is 235 g/mol. The summed E-state index contributed by atoms with van der Waals surface area (Å²) in [6.07, 6.45) is -1.27. The van der Waals surface area contributed by atoms with Crippen LogP contribution in [0.25, 0.3) is 0 Å². The van der Waals surface area contributed by atoms with Crippen molar-refractivity contribution in [2.24, 2.45) is 0 Å². The Hall–Kier alpha value is -1.39. The molecule has 0 bridgehead atoms. The molecule has 0 aliphatic heterocycles. The van der Waals surface area contributed by atoms with Gasteiger partial charge in [-0.25, -0.2) is 4.39 Å². The average Bonchev–Trinajstić information content (AvgIpc) is 2.26. The Kier molecular flexibility index (Phi) is 4.04. The summed E-state index contributed by atoms with van der Waals surface area (Å²) in [7, 11) is 0. The molecule has 0 fully saturated rings. The van der Waals surface area contributed by atoms with E-state index in [9.17, 15) is 14.3 Å². The van der Waals surface area contributed by atoms with Gasteiger partial charge in [-0.15, -0.1) is 0 Å². The van der Waals surface area contributed by atoms with E-state index >= 15 is 0 Å². The third-order valence-corrected chi connectivity index (χ3v) is 2.53. The van der Waals surface area contributed by atoms with Gasteiger partial charge < -0.3 is 10.2 Å². The first-order chi connectivity index (χ1) is 7.49. The summed E-state index contributed by atoms with van der Waals surface area (Å²) in [5, 5.41) is 18.9. The molecule has 0 aliphatic carbocycles. The largest absolute Gasteiger partial charge is 0.505 e. The summed E-state index contributed by atoms with van der Waals surface area (Å²) in [4.78, 5) is 10.3. The molecule has 1 aromatic rings. The van der Waals surface area contributed by atoms with Gasteiger partial charge in [-0.05, 0) is 19.1 Å². The van der Waals surface area contributed by atoms with E-state index in [1.54, 1.807) is 0 Å². The highest BCUT2D eigenvalue weighted by Gasteiger charge is 2.20. The third-order valence-electron chi connectivity index (χ3n) is 2.20. The van der Waals surface area contributed by atoms with Crippen molar-refractivity contribution in [3.63, 3.8) is 0 Å². The predicted molar refractivity (Wildman–Crippen MR) is 57.8 cm³/mol. The number of aliphatic hydroxyl groups is 2. The first-order valence-corrected chi connectivity index (χ1v) is 4.83. The number of aldehydes is 1. The second-order valence-electron chi connectivity index (χ2n) is 3.22. The Bertz CT molecular complexity index is 423. The molecule has 1 aromatic carbocycles. The average molecular weight is 245 g/mol. The molecular formula is C11H10ClFO3. The van der Waals surface area contributed by atoms with E-state index in [2.05, 4.69) is 0 Å². The van der Waals surface area contributed by atoms with Crippen LogP contribution in [0.3, 0.4) is 0 Å². The van der Waals surface area contributed by atoms with Gasteiger partial charge in [0.1, 0.15) is 11.9 Å². The zero-order valence-electron chi connectivity index (χ0n) is 8.45. The van der Waals surface area contributed by atoms with Crippen molar-refractivity contribution in [2.75, 3.05) is 0 Å². The highest BCUT2D eigenvalue weighted by Crippen LogP contribution is 2.30. The van der Waals surface area contributed by atoms with Crippen molar-refractivity contribution in [1.82, 2.24) is 0 Å². The van der Waals surface area contributed by atoms with E-state index in [0.29, 0.717) is 0 Å². The van der Waals surface area contributed by atoms with Crippen molar-refractivity contribution in [3.05, 3.63) is 45.9 Å². The Morgan fingerprint density at radius 1 is 1.56 bits per heavy atom. The molecule has 0 heterocycles. The fourth-order valence-corrected chi connectivity index (χ4v) is 1.49. The van der Waals surface area contributed by atoms with E-state index in [-0.39, 0.29) is 22.4 Å². The molecule has 0 aromatic heterocycles. The van der Waals surface area contributed by atoms with Gasteiger partial charge in [0.25, 0.3) is 0 Å². The van der Waals surface area contributed by atoms with Gasteiger partial charge in [-0.2, -0.15) is 0 Å². The van der Waals surface area contributed by atoms with E-state index in [4.69, 9.17) is 16.7 Å². The second-order valence-corrected chi connectivity index (χ2v) is 3.63. The van der Waals surface area contributed by atoms with Crippen LogP contribution in [0.1, 0.15) is 18.6 Å². The van der Waals surface area contributed by atoms with Gasteiger partial charge in [0.15, 0.2) is 12.0 Å². The Balaban J connectivity index is 3.25. The quantitative estimate of drug-likeness (QED) is 0.488. The van der Waals surface area contributed by atoms with E-state index in [0.717, 1.165) is 6.07 Å². The summed E-state index contributed by atoms with van der Waals surface area (Å²) in [5.41, 5.74) is -0.211. The summed E-state index contributed by atoms with van der Waals surface area (Å²) in [5.74, 6) is -1.33. The number of benzene rings is 1. The number of aliphatic hydroxyl groups excluding tert-OH is 2. The van der Waals surface area contributed by atoms with Crippen LogP contribution >= 0.6 is 11.6 Å². The van der Waals surface area contributed by atoms with Gasteiger partial charge in [0.05, 0.1) is 0 Å². The van der Waals surface area contributed by atoms with Crippen LogP contribution in [0.5, 0.6) is 0 Å². The molecule has 1 unspecified atom stereocenters. The van der Waals surface area contributed by atoms with Crippen LogP contribution in [-0.2, 0) is 4.79 Å². The summed E-state index contributed by atoms with van der Waals surface area (Å²) >= 11 is 5.72. The van der Waals surface area contributed by atoms with Crippen LogP contribution in [0.15, 0.2) is 29.5 Å². The van der Waals surface area contributed by atoms with E-state index < -0.39 is 17.7 Å². The van der Waals surface area contributed by atoms with Crippen molar-refractivity contribution in [1.29, 1.82) is 0 Å². The van der Waals surface area contributed by atoms with Crippen molar-refractivity contribution in [3.8, 4) is 0 Å². The number of hydrogen-bond donors (Lipinski definition) is 2. The highest BCUT2D eigenvalue weighted by atomic mass is 35.5. The first-order valence-electron chi connectivity index (χ1n) is 4.46. The minimum atomic E-state index is -1.45. The second kappa shape index (κ2) is 5.09.